The van der Waals surface area contributed by atoms with Crippen LogP contribution in [0.25, 0.3) is 0 Å². The minimum absolute atomic E-state index is 0.287. The van der Waals surface area contributed by atoms with Gasteiger partial charge in [0.05, 0.1) is 12.2 Å². The Kier molecular flexibility index (Phi) is 5.00. The lowest BCUT2D eigenvalue weighted by Gasteiger charge is -2.05. The smallest absolute Gasteiger partial charge is 0.335 e. The quantitative estimate of drug-likeness (QED) is 0.366. The summed E-state index contributed by atoms with van der Waals surface area (Å²) in [7, 11) is 0. The van der Waals surface area contributed by atoms with Crippen LogP contribution >= 0.6 is 0 Å². The highest BCUT2D eigenvalue weighted by molar-refractivity contribution is 5.89. The molecule has 0 aromatic carbocycles. The van der Waals surface area contributed by atoms with Gasteiger partial charge in [0.25, 0.3) is 0 Å². The van der Waals surface area contributed by atoms with Gasteiger partial charge in [-0.05, 0) is 27.0 Å². The van der Waals surface area contributed by atoms with E-state index in [1.165, 1.54) is 0 Å². The summed E-state index contributed by atoms with van der Waals surface area (Å²) in [6.07, 6.45) is 0.629. The Morgan fingerprint density at radius 2 is 2.08 bits per heavy atom. The average Bonchev–Trinajstić information content (AvgIpc) is 2.06. The maximum absolute atomic E-state index is 11.2. The van der Waals surface area contributed by atoms with Crippen molar-refractivity contribution in [2.75, 3.05) is 6.61 Å². The first-order valence-corrected chi connectivity index (χ1v) is 4.00. The number of hydrogen-bond donors (Lipinski definition) is 0. The van der Waals surface area contributed by atoms with E-state index in [0.717, 1.165) is 0 Å². The van der Waals surface area contributed by atoms with Gasteiger partial charge in [0, 0.05) is 5.70 Å². The van der Waals surface area contributed by atoms with Crippen LogP contribution in [0.4, 0.5) is 0 Å². The van der Waals surface area contributed by atoms with Gasteiger partial charge in [-0.1, -0.05) is 6.92 Å². The molecule has 0 aromatic heterocycles. The fourth-order valence-electron chi connectivity index (χ4n) is 0.862. The maximum Gasteiger partial charge on any atom is 0.335 e. The third kappa shape index (κ3) is 2.86. The zero-order chi connectivity index (χ0) is 9.56. The number of carbonyl (C=O) groups is 1. The fraction of sp³-hybridized carbons (Fsp3) is 0.556. The van der Waals surface area contributed by atoms with Gasteiger partial charge in [-0.25, -0.2) is 4.79 Å². The first kappa shape index (κ1) is 10.9. The predicted octanol–water partition coefficient (Wildman–Crippen LogP) is 1.93. The van der Waals surface area contributed by atoms with E-state index >= 15 is 0 Å². The molecule has 0 saturated carbocycles. The molecule has 68 valence electrons. The van der Waals surface area contributed by atoms with Crippen LogP contribution in [0.15, 0.2) is 16.3 Å². The second kappa shape index (κ2) is 5.52. The molecule has 0 aromatic rings. The molecule has 0 saturated heterocycles. The lowest BCUT2D eigenvalue weighted by molar-refractivity contribution is -0.138. The summed E-state index contributed by atoms with van der Waals surface area (Å²) in [6.45, 7) is 9.17. The number of aliphatic imine (C=N–C) groups is 1. The van der Waals surface area contributed by atoms with Gasteiger partial charge >= 0.3 is 5.97 Å². The van der Waals surface area contributed by atoms with Crippen molar-refractivity contribution < 1.29 is 9.53 Å². The molecule has 0 unspecified atom stereocenters. The van der Waals surface area contributed by atoms with Crippen molar-refractivity contribution in [1.29, 1.82) is 0 Å². The highest BCUT2D eigenvalue weighted by atomic mass is 16.5. The van der Waals surface area contributed by atoms with Gasteiger partial charge in [-0.2, -0.15) is 0 Å². The van der Waals surface area contributed by atoms with E-state index < -0.39 is 0 Å². The van der Waals surface area contributed by atoms with Crippen LogP contribution in [0.2, 0.25) is 0 Å². The Morgan fingerprint density at radius 3 is 2.42 bits per heavy atom. The number of esters is 1. The molecular weight excluding hydrogens is 154 g/mol. The van der Waals surface area contributed by atoms with E-state index in [1.807, 2.05) is 6.92 Å². The summed E-state index contributed by atoms with van der Waals surface area (Å²) in [4.78, 5) is 14.9. The zero-order valence-electron chi connectivity index (χ0n) is 7.89. The van der Waals surface area contributed by atoms with Crippen molar-refractivity contribution in [1.82, 2.24) is 0 Å². The lowest BCUT2D eigenvalue weighted by Crippen LogP contribution is -2.08. The van der Waals surface area contributed by atoms with Crippen molar-refractivity contribution in [3.8, 4) is 0 Å². The number of rotatable bonds is 4. The Hall–Kier alpha value is -1.12. The molecule has 0 aliphatic rings. The Balaban J connectivity index is 4.54. The average molecular weight is 169 g/mol. The van der Waals surface area contributed by atoms with Crippen LogP contribution < -0.4 is 0 Å². The molecule has 0 radical (unpaired) electrons. The highest BCUT2D eigenvalue weighted by Gasteiger charge is 2.10. The third-order valence-electron chi connectivity index (χ3n) is 1.55. The first-order valence-electron chi connectivity index (χ1n) is 4.00. The van der Waals surface area contributed by atoms with Crippen LogP contribution in [0.1, 0.15) is 27.2 Å². The molecule has 0 spiro atoms. The zero-order valence-corrected chi connectivity index (χ0v) is 7.89. The van der Waals surface area contributed by atoms with E-state index in [2.05, 4.69) is 11.7 Å². The van der Waals surface area contributed by atoms with Gasteiger partial charge in [0.1, 0.15) is 0 Å². The molecular formula is C9H15NO2. The molecule has 0 aliphatic carbocycles. The number of hydrogen-bond acceptors (Lipinski definition) is 3. The Labute approximate surface area is 73.1 Å². The standard InChI is InChI=1S/C9H15NO2/c1-5-8(7(3)10-4)9(11)12-6-2/h4-6H2,1-3H3/b8-7+. The number of ether oxygens (including phenoxy) is 1. The van der Waals surface area contributed by atoms with Crippen LogP contribution in [-0.4, -0.2) is 19.3 Å². The summed E-state index contributed by atoms with van der Waals surface area (Å²) in [5.74, 6) is -0.287. The first-order chi connectivity index (χ1) is 5.67. The molecule has 0 N–H and O–H groups in total. The van der Waals surface area contributed by atoms with Gasteiger partial charge in [0.15, 0.2) is 0 Å². The van der Waals surface area contributed by atoms with Crippen molar-refractivity contribution in [3.63, 3.8) is 0 Å². The fourth-order valence-corrected chi connectivity index (χ4v) is 0.862. The van der Waals surface area contributed by atoms with Crippen molar-refractivity contribution in [3.05, 3.63) is 11.3 Å². The van der Waals surface area contributed by atoms with E-state index in [1.54, 1.807) is 13.8 Å². The molecule has 3 nitrogen and oxygen atoms in total. The van der Waals surface area contributed by atoms with Crippen LogP contribution in [0, 0.1) is 0 Å². The van der Waals surface area contributed by atoms with Gasteiger partial charge in [-0.15, -0.1) is 0 Å². The van der Waals surface area contributed by atoms with E-state index in [4.69, 9.17) is 4.74 Å². The maximum atomic E-state index is 11.2. The van der Waals surface area contributed by atoms with E-state index in [0.29, 0.717) is 24.3 Å². The van der Waals surface area contributed by atoms with E-state index in [-0.39, 0.29) is 5.97 Å². The normalized spacial score (nSPS) is 11.9. The summed E-state index contributed by atoms with van der Waals surface area (Å²) in [5, 5.41) is 0. The Morgan fingerprint density at radius 1 is 1.50 bits per heavy atom. The van der Waals surface area contributed by atoms with Crippen LogP contribution in [0.3, 0.4) is 0 Å². The van der Waals surface area contributed by atoms with E-state index in [9.17, 15) is 4.79 Å². The molecule has 0 aliphatic heterocycles. The molecule has 0 bridgehead atoms. The topological polar surface area (TPSA) is 38.7 Å². The summed E-state index contributed by atoms with van der Waals surface area (Å²) in [5.41, 5.74) is 1.25. The van der Waals surface area contributed by atoms with Gasteiger partial charge < -0.3 is 4.74 Å². The lowest BCUT2D eigenvalue weighted by atomic mass is 10.1. The molecule has 0 amide bonds. The monoisotopic (exact) mass is 169 g/mol. The molecule has 0 rings (SSSR count). The largest absolute Gasteiger partial charge is 0.463 e. The van der Waals surface area contributed by atoms with Crippen molar-refractivity contribution in [2.24, 2.45) is 4.99 Å². The number of allylic oxidation sites excluding steroid dienone is 1. The third-order valence-corrected chi connectivity index (χ3v) is 1.55. The van der Waals surface area contributed by atoms with Crippen molar-refractivity contribution >= 4 is 12.7 Å². The second-order valence-corrected chi connectivity index (χ2v) is 2.30. The molecule has 3 heteroatoms. The van der Waals surface area contributed by atoms with Crippen LogP contribution in [0.5, 0.6) is 0 Å². The molecule has 0 fully saturated rings. The Bertz CT molecular complexity index is 207. The van der Waals surface area contributed by atoms with Crippen molar-refractivity contribution in [2.45, 2.75) is 27.2 Å². The highest BCUT2D eigenvalue weighted by Crippen LogP contribution is 2.10. The number of carbonyl (C=O) groups excluding carboxylic acids is 1. The summed E-state index contributed by atoms with van der Waals surface area (Å²) < 4.78 is 4.83. The minimum atomic E-state index is -0.287. The minimum Gasteiger partial charge on any atom is -0.463 e. The molecule has 12 heavy (non-hydrogen) atoms. The SMILES string of the molecule is C=N/C(C)=C(\CC)C(=O)OCC. The van der Waals surface area contributed by atoms with Crippen LogP contribution in [-0.2, 0) is 9.53 Å². The van der Waals surface area contributed by atoms with Gasteiger partial charge in [-0.3, -0.25) is 4.99 Å². The summed E-state index contributed by atoms with van der Waals surface area (Å²) >= 11 is 0. The second-order valence-electron chi connectivity index (χ2n) is 2.30. The number of nitrogens with zero attached hydrogens (tertiary/aromatic N) is 1. The molecule has 0 atom stereocenters. The predicted molar refractivity (Wildman–Crippen MR) is 49.2 cm³/mol. The van der Waals surface area contributed by atoms with Gasteiger partial charge in [0.2, 0.25) is 0 Å². The molecule has 0 heterocycles. The summed E-state index contributed by atoms with van der Waals surface area (Å²) in [6, 6.07) is 0.